The highest BCUT2D eigenvalue weighted by molar-refractivity contribution is 5.57. The fourth-order valence-electron chi connectivity index (χ4n) is 1.94. The van der Waals surface area contributed by atoms with Gasteiger partial charge in [0.2, 0.25) is 0 Å². The first-order valence-corrected chi connectivity index (χ1v) is 5.22. The van der Waals surface area contributed by atoms with Crippen molar-refractivity contribution in [1.29, 1.82) is 0 Å². The van der Waals surface area contributed by atoms with E-state index in [1.165, 1.54) is 4.80 Å². The molecule has 0 aromatic carbocycles. The lowest BCUT2D eigenvalue weighted by atomic mass is 10.0. The average Bonchev–Trinajstić information content (AvgIpc) is 2.65. The normalized spacial score (nSPS) is 22.9. The van der Waals surface area contributed by atoms with Crippen LogP contribution in [-0.2, 0) is 18.4 Å². The van der Waals surface area contributed by atoms with Crippen molar-refractivity contribution in [2.45, 2.75) is 31.8 Å². The topological polar surface area (TPSA) is 63.9 Å². The molecule has 1 aliphatic heterocycles. The van der Waals surface area contributed by atoms with Crippen molar-refractivity contribution in [3.63, 3.8) is 0 Å². The summed E-state index contributed by atoms with van der Waals surface area (Å²) >= 11 is 0. The number of likely N-dealkylation sites (tertiary alicyclic amines) is 1. The molecular weight excluding hydrogens is 194 g/mol. The van der Waals surface area contributed by atoms with Gasteiger partial charge in [0.1, 0.15) is 6.29 Å². The third-order valence-electron chi connectivity index (χ3n) is 2.72. The molecule has 6 nitrogen and oxygen atoms in total. The van der Waals surface area contributed by atoms with E-state index < -0.39 is 0 Å². The molecule has 1 fully saturated rings. The lowest BCUT2D eigenvalue weighted by Crippen LogP contribution is -2.40. The third kappa shape index (κ3) is 2.38. The number of aryl methyl sites for hydroxylation is 1. The van der Waals surface area contributed by atoms with Crippen molar-refractivity contribution in [3.8, 4) is 0 Å². The van der Waals surface area contributed by atoms with Crippen LogP contribution < -0.4 is 0 Å². The number of aromatic nitrogens is 4. The number of tetrazole rings is 1. The second kappa shape index (κ2) is 4.48. The van der Waals surface area contributed by atoms with Crippen LogP contribution in [0, 0.1) is 0 Å². The summed E-state index contributed by atoms with van der Waals surface area (Å²) < 4.78 is 0. The molecular formula is C9H15N5O. The number of aldehydes is 1. The molecule has 0 amide bonds. The highest BCUT2D eigenvalue weighted by Gasteiger charge is 2.22. The average molecular weight is 209 g/mol. The monoisotopic (exact) mass is 209 g/mol. The summed E-state index contributed by atoms with van der Waals surface area (Å²) in [6.45, 7) is 1.57. The molecule has 1 saturated heterocycles. The minimum atomic E-state index is 0.0301. The Morgan fingerprint density at radius 3 is 3.07 bits per heavy atom. The minimum Gasteiger partial charge on any atom is -0.302 e. The molecule has 82 valence electrons. The Morgan fingerprint density at radius 1 is 1.53 bits per heavy atom. The summed E-state index contributed by atoms with van der Waals surface area (Å²) in [5, 5.41) is 11.8. The fraction of sp³-hybridized carbons (Fsp3) is 0.778. The first-order chi connectivity index (χ1) is 7.29. The molecule has 0 bridgehead atoms. The van der Waals surface area contributed by atoms with Crippen molar-refractivity contribution < 1.29 is 4.79 Å². The van der Waals surface area contributed by atoms with E-state index in [1.54, 1.807) is 7.05 Å². The number of nitrogens with zero attached hydrogens (tertiary/aromatic N) is 5. The van der Waals surface area contributed by atoms with E-state index in [-0.39, 0.29) is 6.04 Å². The molecule has 6 heteroatoms. The Labute approximate surface area is 88.2 Å². The molecule has 1 aromatic heterocycles. The van der Waals surface area contributed by atoms with Crippen LogP contribution >= 0.6 is 0 Å². The van der Waals surface area contributed by atoms with E-state index in [0.717, 1.165) is 32.1 Å². The van der Waals surface area contributed by atoms with Crippen LogP contribution in [0.5, 0.6) is 0 Å². The van der Waals surface area contributed by atoms with Crippen LogP contribution in [0.4, 0.5) is 0 Å². The molecule has 2 rings (SSSR count). The van der Waals surface area contributed by atoms with Crippen molar-refractivity contribution in [1.82, 2.24) is 25.1 Å². The van der Waals surface area contributed by atoms with Crippen molar-refractivity contribution >= 4 is 6.29 Å². The summed E-state index contributed by atoms with van der Waals surface area (Å²) in [6.07, 6.45) is 4.25. The van der Waals surface area contributed by atoms with Crippen LogP contribution in [0.25, 0.3) is 0 Å². The quantitative estimate of drug-likeness (QED) is 0.643. The number of rotatable bonds is 3. The molecule has 1 aliphatic rings. The van der Waals surface area contributed by atoms with Crippen LogP contribution in [0.3, 0.4) is 0 Å². The highest BCUT2D eigenvalue weighted by Crippen LogP contribution is 2.16. The number of hydrogen-bond donors (Lipinski definition) is 0. The zero-order valence-corrected chi connectivity index (χ0v) is 8.83. The van der Waals surface area contributed by atoms with Crippen LogP contribution in [0.1, 0.15) is 25.1 Å². The van der Waals surface area contributed by atoms with E-state index in [1.807, 2.05) is 0 Å². The van der Waals surface area contributed by atoms with E-state index in [4.69, 9.17) is 0 Å². The minimum absolute atomic E-state index is 0.0301. The van der Waals surface area contributed by atoms with E-state index in [9.17, 15) is 4.79 Å². The summed E-state index contributed by atoms with van der Waals surface area (Å²) in [4.78, 5) is 14.4. The Balaban J connectivity index is 2.00. The Hall–Kier alpha value is -1.30. The maximum atomic E-state index is 10.9. The van der Waals surface area contributed by atoms with Gasteiger partial charge in [-0.2, -0.15) is 4.80 Å². The molecule has 2 heterocycles. The summed E-state index contributed by atoms with van der Waals surface area (Å²) in [7, 11) is 1.74. The van der Waals surface area contributed by atoms with Crippen LogP contribution in [-0.4, -0.2) is 44.0 Å². The predicted molar refractivity (Wildman–Crippen MR) is 52.9 cm³/mol. The third-order valence-corrected chi connectivity index (χ3v) is 2.72. The number of hydrogen-bond acceptors (Lipinski definition) is 5. The molecule has 1 unspecified atom stereocenters. The Morgan fingerprint density at radius 2 is 2.40 bits per heavy atom. The van der Waals surface area contributed by atoms with Crippen molar-refractivity contribution in [2.75, 3.05) is 6.54 Å². The summed E-state index contributed by atoms with van der Waals surface area (Å²) in [5.41, 5.74) is 0. The maximum Gasteiger partial charge on any atom is 0.188 e. The smallest absolute Gasteiger partial charge is 0.188 e. The lowest BCUT2D eigenvalue weighted by molar-refractivity contribution is -0.113. The molecule has 15 heavy (non-hydrogen) atoms. The zero-order chi connectivity index (χ0) is 10.7. The number of carbonyl (C=O) groups is 1. The van der Waals surface area contributed by atoms with Gasteiger partial charge in [0, 0.05) is 0 Å². The molecule has 0 aliphatic carbocycles. The van der Waals surface area contributed by atoms with Crippen molar-refractivity contribution in [3.05, 3.63) is 5.82 Å². The van der Waals surface area contributed by atoms with Gasteiger partial charge in [-0.15, -0.1) is 10.2 Å². The Bertz CT molecular complexity index is 337. The van der Waals surface area contributed by atoms with Gasteiger partial charge < -0.3 is 4.79 Å². The highest BCUT2D eigenvalue weighted by atomic mass is 16.1. The van der Waals surface area contributed by atoms with Gasteiger partial charge in [-0.25, -0.2) is 0 Å². The molecule has 1 atom stereocenters. The van der Waals surface area contributed by atoms with E-state index >= 15 is 0 Å². The molecule has 1 aromatic rings. The second-order valence-electron chi connectivity index (χ2n) is 3.86. The fourth-order valence-corrected chi connectivity index (χ4v) is 1.94. The van der Waals surface area contributed by atoms with Crippen LogP contribution in [0.2, 0.25) is 0 Å². The lowest BCUT2D eigenvalue weighted by Gasteiger charge is -2.30. The van der Waals surface area contributed by atoms with Crippen LogP contribution in [0.15, 0.2) is 0 Å². The van der Waals surface area contributed by atoms with Gasteiger partial charge >= 0.3 is 0 Å². The van der Waals surface area contributed by atoms with Gasteiger partial charge in [-0.05, 0) is 24.6 Å². The first-order valence-electron chi connectivity index (χ1n) is 5.22. The number of carbonyl (C=O) groups excluding carboxylic acids is 1. The standard InChI is InChI=1S/C9H15N5O/c1-13-11-9(10-12-13)6-14-5-3-2-4-8(14)7-15/h7-8H,2-6H2,1H3. The van der Waals surface area contributed by atoms with Crippen molar-refractivity contribution in [2.24, 2.45) is 7.05 Å². The zero-order valence-electron chi connectivity index (χ0n) is 8.83. The van der Waals surface area contributed by atoms with Gasteiger partial charge in [0.25, 0.3) is 0 Å². The molecule has 0 radical (unpaired) electrons. The van der Waals surface area contributed by atoms with Gasteiger partial charge in [-0.3, -0.25) is 4.90 Å². The Kier molecular flexibility index (Phi) is 3.05. The molecule has 0 spiro atoms. The van der Waals surface area contributed by atoms with Gasteiger partial charge in [0.05, 0.1) is 19.6 Å². The number of piperidine rings is 1. The van der Waals surface area contributed by atoms with E-state index in [2.05, 4.69) is 20.3 Å². The second-order valence-corrected chi connectivity index (χ2v) is 3.86. The summed E-state index contributed by atoms with van der Waals surface area (Å²) in [6, 6.07) is 0.0301. The summed E-state index contributed by atoms with van der Waals surface area (Å²) in [5.74, 6) is 0.686. The SMILES string of the molecule is Cn1nnc(CN2CCCCC2C=O)n1. The largest absolute Gasteiger partial charge is 0.302 e. The maximum absolute atomic E-state index is 10.9. The van der Waals surface area contributed by atoms with Gasteiger partial charge in [0.15, 0.2) is 5.82 Å². The van der Waals surface area contributed by atoms with Gasteiger partial charge in [-0.1, -0.05) is 6.42 Å². The predicted octanol–water partition coefficient (Wildman–Crippen LogP) is -0.237. The van der Waals surface area contributed by atoms with E-state index in [0.29, 0.717) is 12.4 Å². The molecule has 0 N–H and O–H groups in total. The first kappa shape index (κ1) is 10.2. The molecule has 0 saturated carbocycles.